The molecule has 0 atom stereocenters. The molecule has 1 saturated heterocycles. The molecule has 1 aliphatic rings. The highest BCUT2D eigenvalue weighted by Crippen LogP contribution is 2.32. The van der Waals surface area contributed by atoms with E-state index in [0.717, 1.165) is 12.1 Å². The maximum atomic E-state index is 13.0. The summed E-state index contributed by atoms with van der Waals surface area (Å²) in [7, 11) is 0. The monoisotopic (exact) mass is 372 g/mol. The van der Waals surface area contributed by atoms with Gasteiger partial charge < -0.3 is 15.0 Å². The lowest BCUT2D eigenvalue weighted by molar-refractivity contribution is -0.137. The van der Waals surface area contributed by atoms with Crippen LogP contribution in [-0.4, -0.2) is 41.6 Å². The minimum absolute atomic E-state index is 0.289. The van der Waals surface area contributed by atoms with E-state index in [1.165, 1.54) is 17.0 Å². The van der Waals surface area contributed by atoms with Crippen molar-refractivity contribution in [1.29, 1.82) is 0 Å². The molecular weight excluding hydrogens is 349 g/mol. The number of nitrogens with zero attached hydrogens (tertiary/aromatic N) is 1. The molecule has 1 fully saturated rings. The summed E-state index contributed by atoms with van der Waals surface area (Å²) in [5.74, 6) is -0.756. The number of hydrogen-bond donors (Lipinski definition) is 1. The lowest BCUT2D eigenvalue weighted by Crippen LogP contribution is -2.48. The quantitative estimate of drug-likeness (QED) is 0.858. The van der Waals surface area contributed by atoms with Crippen LogP contribution in [-0.2, 0) is 10.9 Å². The van der Waals surface area contributed by atoms with E-state index in [1.807, 2.05) is 0 Å². The van der Waals surface area contributed by atoms with Gasteiger partial charge in [-0.2, -0.15) is 13.2 Å². The molecule has 2 rings (SSSR count). The van der Waals surface area contributed by atoms with E-state index in [2.05, 4.69) is 5.32 Å². The van der Waals surface area contributed by atoms with Crippen molar-refractivity contribution in [2.45, 2.75) is 51.4 Å². The molecule has 0 unspecified atom stereocenters. The van der Waals surface area contributed by atoms with Crippen molar-refractivity contribution in [2.24, 2.45) is 0 Å². The maximum Gasteiger partial charge on any atom is 0.417 e. The molecule has 0 saturated carbocycles. The van der Waals surface area contributed by atoms with Gasteiger partial charge in [0.1, 0.15) is 5.60 Å². The average Bonchev–Trinajstić information content (AvgIpc) is 2.53. The Hall–Kier alpha value is -2.25. The maximum absolute atomic E-state index is 13.0. The van der Waals surface area contributed by atoms with Gasteiger partial charge in [0.15, 0.2) is 0 Å². The van der Waals surface area contributed by atoms with Gasteiger partial charge in [-0.3, -0.25) is 4.79 Å². The van der Waals surface area contributed by atoms with Crippen LogP contribution in [0.15, 0.2) is 24.3 Å². The van der Waals surface area contributed by atoms with Gasteiger partial charge in [0.2, 0.25) is 0 Å². The molecule has 26 heavy (non-hydrogen) atoms. The predicted octanol–water partition coefficient (Wildman–Crippen LogP) is 3.83. The van der Waals surface area contributed by atoms with Gasteiger partial charge in [-0.1, -0.05) is 12.1 Å². The van der Waals surface area contributed by atoms with Gasteiger partial charge in [-0.05, 0) is 45.7 Å². The van der Waals surface area contributed by atoms with Crippen LogP contribution in [0.1, 0.15) is 49.5 Å². The summed E-state index contributed by atoms with van der Waals surface area (Å²) in [5.41, 5.74) is -1.94. The summed E-state index contributed by atoms with van der Waals surface area (Å²) in [6.07, 6.45) is -4.10. The number of piperidine rings is 1. The molecule has 0 radical (unpaired) electrons. The summed E-state index contributed by atoms with van der Waals surface area (Å²) in [5, 5.41) is 2.64. The molecule has 0 bridgehead atoms. The lowest BCUT2D eigenvalue weighted by atomic mass is 10.0. The van der Waals surface area contributed by atoms with Gasteiger partial charge >= 0.3 is 12.3 Å². The van der Waals surface area contributed by atoms with Crippen molar-refractivity contribution in [3.8, 4) is 0 Å². The minimum Gasteiger partial charge on any atom is -0.444 e. The highest BCUT2D eigenvalue weighted by atomic mass is 19.4. The van der Waals surface area contributed by atoms with E-state index in [1.54, 1.807) is 20.8 Å². The molecule has 0 aliphatic carbocycles. The van der Waals surface area contributed by atoms with E-state index < -0.39 is 34.9 Å². The number of nitrogens with one attached hydrogen (secondary N) is 1. The van der Waals surface area contributed by atoms with Crippen LogP contribution in [0, 0.1) is 0 Å². The summed E-state index contributed by atoms with van der Waals surface area (Å²) in [6.45, 7) is 6.07. The summed E-state index contributed by atoms with van der Waals surface area (Å²) >= 11 is 0. The molecule has 0 spiro atoms. The Morgan fingerprint density at radius 3 is 2.23 bits per heavy atom. The first-order valence-electron chi connectivity index (χ1n) is 8.42. The number of hydrogen-bond acceptors (Lipinski definition) is 3. The molecule has 1 aromatic carbocycles. The van der Waals surface area contributed by atoms with E-state index in [0.29, 0.717) is 25.9 Å². The third-order valence-electron chi connectivity index (χ3n) is 3.96. The van der Waals surface area contributed by atoms with Crippen LogP contribution >= 0.6 is 0 Å². The summed E-state index contributed by atoms with van der Waals surface area (Å²) in [4.78, 5) is 25.8. The summed E-state index contributed by atoms with van der Waals surface area (Å²) in [6, 6.07) is 4.41. The normalized spacial score (nSPS) is 16.3. The second-order valence-corrected chi connectivity index (χ2v) is 7.26. The average molecular weight is 372 g/mol. The Morgan fingerprint density at radius 1 is 1.12 bits per heavy atom. The number of ether oxygens (including phenoxy) is 1. The van der Waals surface area contributed by atoms with Crippen LogP contribution < -0.4 is 5.32 Å². The molecule has 1 N–H and O–H groups in total. The highest BCUT2D eigenvalue weighted by molar-refractivity contribution is 5.96. The van der Waals surface area contributed by atoms with Gasteiger partial charge in [0.05, 0.1) is 11.1 Å². The van der Waals surface area contributed by atoms with E-state index in [4.69, 9.17) is 4.74 Å². The van der Waals surface area contributed by atoms with Crippen molar-refractivity contribution < 1.29 is 27.5 Å². The number of carbonyl (C=O) groups excluding carboxylic acids is 2. The largest absolute Gasteiger partial charge is 0.444 e. The smallest absolute Gasteiger partial charge is 0.417 e. The van der Waals surface area contributed by atoms with Crippen LogP contribution in [0.3, 0.4) is 0 Å². The van der Waals surface area contributed by atoms with Crippen LogP contribution in [0.4, 0.5) is 18.0 Å². The summed E-state index contributed by atoms with van der Waals surface area (Å²) < 4.78 is 44.4. The second-order valence-electron chi connectivity index (χ2n) is 7.26. The zero-order valence-corrected chi connectivity index (χ0v) is 15.0. The fraction of sp³-hybridized carbons (Fsp3) is 0.556. The zero-order valence-electron chi connectivity index (χ0n) is 15.0. The number of likely N-dealkylation sites (tertiary alicyclic amines) is 1. The van der Waals surface area contributed by atoms with Gasteiger partial charge in [-0.25, -0.2) is 4.79 Å². The van der Waals surface area contributed by atoms with Gasteiger partial charge in [0, 0.05) is 19.1 Å². The van der Waals surface area contributed by atoms with Gasteiger partial charge in [-0.15, -0.1) is 0 Å². The Kier molecular flexibility index (Phi) is 5.83. The fourth-order valence-electron chi connectivity index (χ4n) is 2.72. The van der Waals surface area contributed by atoms with Crippen molar-refractivity contribution in [2.75, 3.05) is 13.1 Å². The van der Waals surface area contributed by atoms with Crippen molar-refractivity contribution in [3.63, 3.8) is 0 Å². The topological polar surface area (TPSA) is 58.6 Å². The number of rotatable bonds is 2. The molecule has 2 amide bonds. The molecule has 1 heterocycles. The fourth-order valence-corrected chi connectivity index (χ4v) is 2.72. The Balaban J connectivity index is 1.94. The second kappa shape index (κ2) is 7.55. The first kappa shape index (κ1) is 20.1. The Bertz CT molecular complexity index is 660. The first-order chi connectivity index (χ1) is 12.0. The number of amides is 2. The molecule has 0 aromatic heterocycles. The van der Waals surface area contributed by atoms with E-state index in [-0.39, 0.29) is 6.04 Å². The van der Waals surface area contributed by atoms with Gasteiger partial charge in [0.25, 0.3) is 5.91 Å². The Labute approximate surface area is 150 Å². The highest BCUT2D eigenvalue weighted by Gasteiger charge is 2.35. The van der Waals surface area contributed by atoms with Crippen molar-refractivity contribution in [3.05, 3.63) is 35.4 Å². The van der Waals surface area contributed by atoms with E-state index >= 15 is 0 Å². The number of benzene rings is 1. The molecule has 1 aromatic rings. The van der Waals surface area contributed by atoms with Crippen LogP contribution in [0.25, 0.3) is 0 Å². The predicted molar refractivity (Wildman–Crippen MR) is 89.7 cm³/mol. The number of halogens is 3. The molecule has 5 nitrogen and oxygen atoms in total. The molecular formula is C18H23F3N2O3. The SMILES string of the molecule is CC(C)(C)OC(=O)N1CCC(NC(=O)c2ccccc2C(F)(F)F)CC1. The van der Waals surface area contributed by atoms with Crippen molar-refractivity contribution >= 4 is 12.0 Å². The third kappa shape index (κ3) is 5.37. The lowest BCUT2D eigenvalue weighted by Gasteiger charge is -2.33. The minimum atomic E-state index is -4.59. The first-order valence-corrected chi connectivity index (χ1v) is 8.42. The Morgan fingerprint density at radius 2 is 1.69 bits per heavy atom. The number of carbonyl (C=O) groups is 2. The van der Waals surface area contributed by atoms with Crippen LogP contribution in [0.2, 0.25) is 0 Å². The van der Waals surface area contributed by atoms with Crippen LogP contribution in [0.5, 0.6) is 0 Å². The van der Waals surface area contributed by atoms with Crippen molar-refractivity contribution in [1.82, 2.24) is 10.2 Å². The molecule has 8 heteroatoms. The van der Waals surface area contributed by atoms with E-state index in [9.17, 15) is 22.8 Å². The number of alkyl halides is 3. The zero-order chi connectivity index (χ0) is 19.5. The standard InChI is InChI=1S/C18H23F3N2O3/c1-17(2,3)26-16(25)23-10-8-12(9-11-23)22-15(24)13-6-4-5-7-14(13)18(19,20)21/h4-7,12H,8-11H2,1-3H3,(H,22,24). The molecule has 144 valence electrons. The molecule has 1 aliphatic heterocycles. The third-order valence-corrected chi connectivity index (χ3v) is 3.96.